The monoisotopic (exact) mass is 271 g/mol. The number of rotatable bonds is 4. The topological polar surface area (TPSA) is 72.5 Å². The van der Waals surface area contributed by atoms with E-state index in [4.69, 9.17) is 15.6 Å². The first kappa shape index (κ1) is 14.1. The Bertz CT molecular complexity index is 606. The number of hydrogen-bond donors (Lipinski definition) is 2. The van der Waals surface area contributed by atoms with Crippen LogP contribution in [0.25, 0.3) is 0 Å². The van der Waals surface area contributed by atoms with Crippen LogP contribution in [-0.4, -0.2) is 11.1 Å². The zero-order valence-electron chi connectivity index (χ0n) is 11.3. The highest BCUT2D eigenvalue weighted by molar-refractivity contribution is 5.90. The highest BCUT2D eigenvalue weighted by atomic mass is 16.5. The lowest BCUT2D eigenvalue weighted by Gasteiger charge is -2.07. The summed E-state index contributed by atoms with van der Waals surface area (Å²) in [6, 6.07) is 12.3. The van der Waals surface area contributed by atoms with Crippen molar-refractivity contribution in [3.8, 4) is 0 Å². The van der Waals surface area contributed by atoms with Gasteiger partial charge in [0.2, 0.25) is 0 Å². The molecule has 0 saturated heterocycles. The van der Waals surface area contributed by atoms with Gasteiger partial charge in [-0.3, -0.25) is 0 Å². The molecule has 0 aliphatic carbocycles. The standard InChI is InChI=1S/C16H17NO3/c1-11-8-14(6-7-15(11)17)16(19)20-10-13-4-2-12(9-18)3-5-13/h2-8,18H,9-10,17H2,1H3. The third-order valence-electron chi connectivity index (χ3n) is 3.08. The summed E-state index contributed by atoms with van der Waals surface area (Å²) >= 11 is 0. The van der Waals surface area contributed by atoms with E-state index in [1.54, 1.807) is 30.3 Å². The number of aryl methyl sites for hydroxylation is 1. The van der Waals surface area contributed by atoms with E-state index >= 15 is 0 Å². The van der Waals surface area contributed by atoms with E-state index < -0.39 is 0 Å². The quantitative estimate of drug-likeness (QED) is 0.661. The number of nitrogens with two attached hydrogens (primary N) is 1. The van der Waals surface area contributed by atoms with Crippen LogP contribution in [0.4, 0.5) is 5.69 Å². The molecule has 2 aromatic carbocycles. The van der Waals surface area contributed by atoms with Gasteiger partial charge in [0.05, 0.1) is 12.2 Å². The summed E-state index contributed by atoms with van der Waals surface area (Å²) in [5, 5.41) is 8.95. The number of esters is 1. The maximum atomic E-state index is 11.9. The van der Waals surface area contributed by atoms with E-state index in [0.717, 1.165) is 16.7 Å². The second-order valence-corrected chi connectivity index (χ2v) is 4.62. The van der Waals surface area contributed by atoms with Gasteiger partial charge < -0.3 is 15.6 Å². The summed E-state index contributed by atoms with van der Waals surface area (Å²) in [5.41, 5.74) is 9.41. The molecule has 0 aromatic heterocycles. The van der Waals surface area contributed by atoms with E-state index in [-0.39, 0.29) is 19.2 Å². The van der Waals surface area contributed by atoms with E-state index in [9.17, 15) is 4.79 Å². The van der Waals surface area contributed by atoms with Gasteiger partial charge in [0, 0.05) is 5.69 Å². The molecule has 104 valence electrons. The molecule has 0 aliphatic rings. The summed E-state index contributed by atoms with van der Waals surface area (Å²) in [6.07, 6.45) is 0. The van der Waals surface area contributed by atoms with Gasteiger partial charge >= 0.3 is 5.97 Å². The predicted molar refractivity (Wildman–Crippen MR) is 77.1 cm³/mol. The Morgan fingerprint density at radius 2 is 1.80 bits per heavy atom. The van der Waals surface area contributed by atoms with Gasteiger partial charge in [0.25, 0.3) is 0 Å². The summed E-state index contributed by atoms with van der Waals surface area (Å²) in [4.78, 5) is 11.9. The molecule has 0 bridgehead atoms. The minimum Gasteiger partial charge on any atom is -0.457 e. The van der Waals surface area contributed by atoms with Crippen LogP contribution in [0.5, 0.6) is 0 Å². The molecule has 0 atom stereocenters. The number of nitrogen functional groups attached to an aromatic ring is 1. The average Bonchev–Trinajstić information content (AvgIpc) is 2.48. The van der Waals surface area contributed by atoms with Crippen molar-refractivity contribution in [3.63, 3.8) is 0 Å². The Balaban J connectivity index is 1.98. The fraction of sp³-hybridized carbons (Fsp3) is 0.188. The van der Waals surface area contributed by atoms with Crippen LogP contribution in [-0.2, 0) is 18.0 Å². The molecular formula is C16H17NO3. The number of carbonyl (C=O) groups is 1. The minimum atomic E-state index is -0.376. The van der Waals surface area contributed by atoms with Crippen LogP contribution in [0.1, 0.15) is 27.0 Å². The van der Waals surface area contributed by atoms with Gasteiger partial charge in [-0.15, -0.1) is 0 Å². The first-order valence-corrected chi connectivity index (χ1v) is 6.32. The smallest absolute Gasteiger partial charge is 0.338 e. The van der Waals surface area contributed by atoms with Crippen LogP contribution in [0.3, 0.4) is 0 Å². The van der Waals surface area contributed by atoms with Crippen molar-refractivity contribution >= 4 is 11.7 Å². The van der Waals surface area contributed by atoms with E-state index in [0.29, 0.717) is 11.3 Å². The van der Waals surface area contributed by atoms with Crippen molar-refractivity contribution in [1.82, 2.24) is 0 Å². The fourth-order valence-corrected chi connectivity index (χ4v) is 1.78. The molecule has 0 amide bonds. The van der Waals surface area contributed by atoms with Crippen LogP contribution in [0.15, 0.2) is 42.5 Å². The summed E-state index contributed by atoms with van der Waals surface area (Å²) in [7, 11) is 0. The summed E-state index contributed by atoms with van der Waals surface area (Å²) in [5.74, 6) is -0.376. The molecule has 4 nitrogen and oxygen atoms in total. The Morgan fingerprint density at radius 3 is 2.40 bits per heavy atom. The van der Waals surface area contributed by atoms with E-state index in [1.165, 1.54) is 0 Å². The molecule has 0 fully saturated rings. The van der Waals surface area contributed by atoms with Crippen LogP contribution in [0.2, 0.25) is 0 Å². The zero-order chi connectivity index (χ0) is 14.5. The van der Waals surface area contributed by atoms with Gasteiger partial charge in [-0.25, -0.2) is 4.79 Å². The molecule has 0 saturated carbocycles. The van der Waals surface area contributed by atoms with Gasteiger partial charge in [0.1, 0.15) is 6.61 Å². The zero-order valence-corrected chi connectivity index (χ0v) is 11.3. The number of ether oxygens (including phenoxy) is 1. The lowest BCUT2D eigenvalue weighted by molar-refractivity contribution is 0.0472. The van der Waals surface area contributed by atoms with Crippen LogP contribution in [0, 0.1) is 6.92 Å². The molecule has 0 unspecified atom stereocenters. The first-order chi connectivity index (χ1) is 9.60. The van der Waals surface area contributed by atoms with Gasteiger partial charge in [-0.2, -0.15) is 0 Å². The van der Waals surface area contributed by atoms with Crippen LogP contribution < -0.4 is 5.73 Å². The van der Waals surface area contributed by atoms with Crippen molar-refractivity contribution in [3.05, 3.63) is 64.7 Å². The number of aliphatic hydroxyl groups is 1. The van der Waals surface area contributed by atoms with Crippen molar-refractivity contribution in [2.45, 2.75) is 20.1 Å². The highest BCUT2D eigenvalue weighted by Crippen LogP contribution is 2.14. The van der Waals surface area contributed by atoms with E-state index in [1.807, 2.05) is 19.1 Å². The lowest BCUT2D eigenvalue weighted by atomic mass is 10.1. The molecule has 0 aliphatic heterocycles. The largest absolute Gasteiger partial charge is 0.457 e. The Hall–Kier alpha value is -2.33. The van der Waals surface area contributed by atoms with Crippen molar-refractivity contribution in [2.75, 3.05) is 5.73 Å². The molecule has 2 aromatic rings. The molecule has 0 heterocycles. The second-order valence-electron chi connectivity index (χ2n) is 4.62. The van der Waals surface area contributed by atoms with Crippen LogP contribution >= 0.6 is 0 Å². The molecule has 2 rings (SSSR count). The van der Waals surface area contributed by atoms with Gasteiger partial charge in [-0.1, -0.05) is 24.3 Å². The number of aliphatic hydroxyl groups excluding tert-OH is 1. The minimum absolute atomic E-state index is 0.00474. The van der Waals surface area contributed by atoms with Crippen molar-refractivity contribution in [1.29, 1.82) is 0 Å². The average molecular weight is 271 g/mol. The molecular weight excluding hydrogens is 254 g/mol. The third kappa shape index (κ3) is 3.36. The van der Waals surface area contributed by atoms with Gasteiger partial charge in [-0.05, 0) is 41.8 Å². The number of carbonyl (C=O) groups excluding carboxylic acids is 1. The summed E-state index contributed by atoms with van der Waals surface area (Å²) < 4.78 is 5.24. The highest BCUT2D eigenvalue weighted by Gasteiger charge is 2.08. The van der Waals surface area contributed by atoms with Crippen molar-refractivity contribution < 1.29 is 14.6 Å². The Kier molecular flexibility index (Phi) is 4.38. The van der Waals surface area contributed by atoms with E-state index in [2.05, 4.69) is 0 Å². The Labute approximate surface area is 117 Å². The van der Waals surface area contributed by atoms with Crippen molar-refractivity contribution in [2.24, 2.45) is 0 Å². The second kappa shape index (κ2) is 6.21. The Morgan fingerprint density at radius 1 is 1.15 bits per heavy atom. The molecule has 3 N–H and O–H groups in total. The maximum Gasteiger partial charge on any atom is 0.338 e. The first-order valence-electron chi connectivity index (χ1n) is 6.32. The number of anilines is 1. The fourth-order valence-electron chi connectivity index (χ4n) is 1.78. The molecule has 20 heavy (non-hydrogen) atoms. The predicted octanol–water partition coefficient (Wildman–Crippen LogP) is 2.43. The lowest BCUT2D eigenvalue weighted by Crippen LogP contribution is -2.06. The van der Waals surface area contributed by atoms with Gasteiger partial charge in [0.15, 0.2) is 0 Å². The maximum absolute atomic E-state index is 11.9. The SMILES string of the molecule is Cc1cc(C(=O)OCc2ccc(CO)cc2)ccc1N. The molecule has 0 radical (unpaired) electrons. The summed E-state index contributed by atoms with van der Waals surface area (Å²) in [6.45, 7) is 2.05. The number of benzene rings is 2. The molecule has 0 spiro atoms. The number of hydrogen-bond acceptors (Lipinski definition) is 4. The normalized spacial score (nSPS) is 10.3. The molecule has 4 heteroatoms. The third-order valence-corrected chi connectivity index (χ3v) is 3.08.